The normalized spacial score (nSPS) is 12.2. The van der Waals surface area contributed by atoms with Crippen molar-refractivity contribution in [1.29, 1.82) is 0 Å². The lowest BCUT2D eigenvalue weighted by Crippen LogP contribution is -2.41. The molecule has 2 aromatic heterocycles. The zero-order chi connectivity index (χ0) is 26.2. The van der Waals surface area contributed by atoms with E-state index in [1.807, 2.05) is 60.7 Å². The molecular weight excluding hydrogens is 596 g/mol. The fourth-order valence-corrected chi connectivity index (χ4v) is 5.08. The van der Waals surface area contributed by atoms with Crippen molar-refractivity contribution < 1.29 is 10.2 Å². The Morgan fingerprint density at radius 3 is 2.19 bits per heavy atom. The molecule has 8 heteroatoms. The molecule has 0 amide bonds. The zero-order valence-electron chi connectivity index (χ0n) is 20.6. The minimum absolute atomic E-state index is 0.0914. The first-order chi connectivity index (χ1) is 17.9. The summed E-state index contributed by atoms with van der Waals surface area (Å²) in [5.41, 5.74) is 3.62. The smallest absolute Gasteiger partial charge is 0.120 e. The van der Waals surface area contributed by atoms with E-state index in [9.17, 15) is 10.2 Å². The average molecular weight is 626 g/mol. The first kappa shape index (κ1) is 27.3. The Balaban J connectivity index is 1.60. The van der Waals surface area contributed by atoms with Crippen LogP contribution in [0.15, 0.2) is 94.1 Å². The summed E-state index contributed by atoms with van der Waals surface area (Å²) in [5.74, 6) is 0.553. The summed E-state index contributed by atoms with van der Waals surface area (Å²) in [5, 5.41) is 21.0. The number of rotatable bonds is 11. The van der Waals surface area contributed by atoms with Gasteiger partial charge in [0.05, 0.1) is 11.4 Å². The number of para-hydroxylation sites is 1. The van der Waals surface area contributed by atoms with Crippen LogP contribution in [0.1, 0.15) is 29.4 Å². The molecule has 0 saturated carbocycles. The van der Waals surface area contributed by atoms with Crippen LogP contribution in [0.3, 0.4) is 0 Å². The van der Waals surface area contributed by atoms with Gasteiger partial charge in [-0.25, -0.2) is 0 Å². The highest BCUT2D eigenvalue weighted by atomic mass is 79.9. The van der Waals surface area contributed by atoms with Crippen LogP contribution in [0, 0.1) is 0 Å². The van der Waals surface area contributed by atoms with Gasteiger partial charge in [-0.05, 0) is 55.5 Å². The summed E-state index contributed by atoms with van der Waals surface area (Å²) in [6, 6.07) is 22.9. The number of phenolic OH excluding ortho intramolecular Hbond substituents is 2. The van der Waals surface area contributed by atoms with Crippen molar-refractivity contribution in [3.8, 4) is 11.5 Å². The summed E-state index contributed by atoms with van der Waals surface area (Å²) < 4.78 is 1.90. The van der Waals surface area contributed by atoms with Crippen LogP contribution in [0.25, 0.3) is 0 Å². The maximum Gasteiger partial charge on any atom is 0.120 e. The van der Waals surface area contributed by atoms with Crippen LogP contribution in [0.4, 0.5) is 0 Å². The number of nitrogens with zero attached hydrogens (tertiary/aromatic N) is 4. The molecule has 2 aromatic carbocycles. The number of hydrogen-bond donors (Lipinski definition) is 2. The fraction of sp³-hybridized carbons (Fsp3) is 0.241. The molecule has 1 atom stereocenters. The molecular formula is C29H30Br2N4O2. The van der Waals surface area contributed by atoms with Gasteiger partial charge in [0.1, 0.15) is 11.5 Å². The number of hydrogen-bond acceptors (Lipinski definition) is 6. The van der Waals surface area contributed by atoms with Crippen LogP contribution in [0.5, 0.6) is 11.5 Å². The molecule has 2 heterocycles. The summed E-state index contributed by atoms with van der Waals surface area (Å²) >= 11 is 7.09. The third-order valence-electron chi connectivity index (χ3n) is 6.20. The summed E-state index contributed by atoms with van der Waals surface area (Å²) in [7, 11) is 0. The van der Waals surface area contributed by atoms with Crippen molar-refractivity contribution >= 4 is 31.9 Å². The summed E-state index contributed by atoms with van der Waals surface area (Å²) in [4.78, 5) is 13.7. The van der Waals surface area contributed by atoms with Crippen LogP contribution >= 0.6 is 31.9 Å². The third kappa shape index (κ3) is 8.10. The van der Waals surface area contributed by atoms with Crippen molar-refractivity contribution in [3.05, 3.63) is 117 Å². The molecule has 0 aliphatic heterocycles. The van der Waals surface area contributed by atoms with E-state index >= 15 is 0 Å². The van der Waals surface area contributed by atoms with Crippen molar-refractivity contribution in [2.24, 2.45) is 0 Å². The molecule has 4 rings (SSSR count). The highest BCUT2D eigenvalue weighted by Crippen LogP contribution is 2.26. The quantitative estimate of drug-likeness (QED) is 0.198. The van der Waals surface area contributed by atoms with E-state index in [0.29, 0.717) is 32.7 Å². The highest BCUT2D eigenvalue weighted by molar-refractivity contribution is 9.10. The van der Waals surface area contributed by atoms with Crippen LogP contribution in [0.2, 0.25) is 0 Å². The topological polar surface area (TPSA) is 72.7 Å². The largest absolute Gasteiger partial charge is 0.508 e. The molecule has 0 fully saturated rings. The van der Waals surface area contributed by atoms with Gasteiger partial charge in [-0.15, -0.1) is 0 Å². The molecule has 0 unspecified atom stereocenters. The van der Waals surface area contributed by atoms with Gasteiger partial charge >= 0.3 is 0 Å². The number of aromatic hydroxyl groups is 2. The molecule has 0 spiro atoms. The predicted octanol–water partition coefficient (Wildman–Crippen LogP) is 6.51. The molecule has 0 saturated heterocycles. The van der Waals surface area contributed by atoms with Crippen molar-refractivity contribution in [2.75, 3.05) is 6.54 Å². The minimum atomic E-state index is 0.0914. The number of phenols is 2. The zero-order valence-corrected chi connectivity index (χ0v) is 23.8. The maximum atomic E-state index is 10.6. The lowest BCUT2D eigenvalue weighted by Gasteiger charge is -2.34. The average Bonchev–Trinajstić information content (AvgIpc) is 2.88. The van der Waals surface area contributed by atoms with E-state index in [2.05, 4.69) is 58.6 Å². The Morgan fingerprint density at radius 1 is 0.703 bits per heavy atom. The third-order valence-corrected chi connectivity index (χ3v) is 7.19. The van der Waals surface area contributed by atoms with E-state index < -0.39 is 0 Å². The number of halogens is 2. The second-order valence-corrected chi connectivity index (χ2v) is 10.9. The van der Waals surface area contributed by atoms with Gasteiger partial charge in [-0.3, -0.25) is 19.8 Å². The first-order valence-corrected chi connectivity index (χ1v) is 13.7. The molecule has 4 aromatic rings. The lowest BCUT2D eigenvalue weighted by atomic mass is 10.1. The van der Waals surface area contributed by atoms with Crippen LogP contribution < -0.4 is 0 Å². The van der Waals surface area contributed by atoms with Gasteiger partial charge in [0.2, 0.25) is 0 Å². The van der Waals surface area contributed by atoms with Crippen molar-refractivity contribution in [2.45, 2.75) is 39.1 Å². The number of aromatic nitrogens is 2. The van der Waals surface area contributed by atoms with Crippen LogP contribution in [-0.4, -0.2) is 42.6 Å². The monoisotopic (exact) mass is 624 g/mol. The Morgan fingerprint density at radius 2 is 1.43 bits per heavy atom. The van der Waals surface area contributed by atoms with Crippen molar-refractivity contribution in [3.63, 3.8) is 0 Å². The number of pyridine rings is 2. The van der Waals surface area contributed by atoms with E-state index in [1.54, 1.807) is 24.5 Å². The van der Waals surface area contributed by atoms with E-state index in [-0.39, 0.29) is 17.5 Å². The van der Waals surface area contributed by atoms with E-state index in [0.717, 1.165) is 31.5 Å². The molecule has 0 aliphatic rings. The maximum absolute atomic E-state index is 10.6. The molecule has 6 nitrogen and oxygen atoms in total. The van der Waals surface area contributed by atoms with E-state index in [1.165, 1.54) is 0 Å². The van der Waals surface area contributed by atoms with E-state index in [4.69, 9.17) is 0 Å². The molecule has 0 radical (unpaired) electrons. The van der Waals surface area contributed by atoms with Gasteiger partial charge in [-0.1, -0.05) is 56.1 Å². The fourth-order valence-electron chi connectivity index (χ4n) is 4.29. The molecule has 192 valence electrons. The molecule has 2 N–H and O–H groups in total. The minimum Gasteiger partial charge on any atom is -0.508 e. The Bertz CT molecular complexity index is 1310. The summed E-state index contributed by atoms with van der Waals surface area (Å²) in [6.07, 6.45) is 3.60. The van der Waals surface area contributed by atoms with Gasteiger partial charge in [0.25, 0.3) is 0 Å². The molecule has 0 aliphatic carbocycles. The van der Waals surface area contributed by atoms with Gasteiger partial charge in [0, 0.05) is 71.2 Å². The van der Waals surface area contributed by atoms with Crippen LogP contribution in [-0.2, 0) is 26.2 Å². The Kier molecular flexibility index (Phi) is 9.68. The predicted molar refractivity (Wildman–Crippen MR) is 153 cm³/mol. The summed E-state index contributed by atoms with van der Waals surface area (Å²) in [6.45, 7) is 5.29. The standard InChI is InChI=1S/C29H30Br2N4O2/c1-21(16-34(19-26-7-4-5-12-32-26)17-22-6-2-3-8-28(22)36)35(20-27-15-25(31)11-13-33-27)18-23-14-24(30)9-10-29(23)37/h2-15,21,36-37H,16-20H2,1H3/t21-/m1/s1. The lowest BCUT2D eigenvalue weighted by molar-refractivity contribution is 0.124. The highest BCUT2D eigenvalue weighted by Gasteiger charge is 2.21. The van der Waals surface area contributed by atoms with Gasteiger partial charge < -0.3 is 10.2 Å². The Labute approximate surface area is 234 Å². The van der Waals surface area contributed by atoms with Crippen molar-refractivity contribution in [1.82, 2.24) is 19.8 Å². The molecule has 0 bridgehead atoms. The Hall–Kier alpha value is -2.78. The SMILES string of the molecule is C[C@H](CN(Cc1ccccn1)Cc1ccccc1O)N(Cc1cc(Br)ccn1)Cc1cc(Br)ccc1O. The number of benzene rings is 2. The molecule has 37 heavy (non-hydrogen) atoms. The second kappa shape index (κ2) is 13.1. The second-order valence-electron chi connectivity index (χ2n) is 9.11. The van der Waals surface area contributed by atoms with Gasteiger partial charge in [-0.2, -0.15) is 0 Å². The first-order valence-electron chi connectivity index (χ1n) is 12.1. The van der Waals surface area contributed by atoms with Gasteiger partial charge in [0.15, 0.2) is 0 Å².